The summed E-state index contributed by atoms with van der Waals surface area (Å²) in [6, 6.07) is 4.52. The molecule has 0 unspecified atom stereocenters. The predicted molar refractivity (Wildman–Crippen MR) is 65.2 cm³/mol. The van der Waals surface area contributed by atoms with E-state index in [4.69, 9.17) is 4.74 Å². The predicted octanol–water partition coefficient (Wildman–Crippen LogP) is 3.11. The van der Waals surface area contributed by atoms with Crippen LogP contribution in [0.3, 0.4) is 0 Å². The Morgan fingerprint density at radius 2 is 2.06 bits per heavy atom. The Balaban J connectivity index is 2.15. The molecule has 1 N–H and O–H groups in total. The summed E-state index contributed by atoms with van der Waals surface area (Å²) in [6.45, 7) is 3.97. The van der Waals surface area contributed by atoms with E-state index in [0.29, 0.717) is 5.75 Å². The van der Waals surface area contributed by atoms with Gasteiger partial charge in [0.25, 0.3) is 0 Å². The maximum Gasteiger partial charge on any atom is 0.137 e. The first-order valence-corrected chi connectivity index (χ1v) is 6.23. The minimum absolute atomic E-state index is 0.193. The lowest BCUT2D eigenvalue weighted by atomic mass is 9.94. The molecule has 1 fully saturated rings. The molecule has 4 heteroatoms. The van der Waals surface area contributed by atoms with Crippen LogP contribution in [0.5, 0.6) is 5.75 Å². The fourth-order valence-corrected chi connectivity index (χ4v) is 2.21. The monoisotopic (exact) mass is 287 g/mol. The minimum Gasteiger partial charge on any atom is -0.486 e. The van der Waals surface area contributed by atoms with Crippen molar-refractivity contribution in [1.29, 1.82) is 0 Å². The lowest BCUT2D eigenvalue weighted by molar-refractivity contribution is 0.0545. The van der Waals surface area contributed by atoms with Gasteiger partial charge in [-0.1, -0.05) is 0 Å². The molecule has 1 aromatic carbocycles. The third kappa shape index (κ3) is 2.74. The fraction of sp³-hybridized carbons (Fsp3) is 0.500. The largest absolute Gasteiger partial charge is 0.486 e. The van der Waals surface area contributed by atoms with Crippen LogP contribution in [0.2, 0.25) is 0 Å². The highest BCUT2D eigenvalue weighted by molar-refractivity contribution is 9.10. The van der Waals surface area contributed by atoms with Gasteiger partial charge in [0.15, 0.2) is 0 Å². The first-order valence-electron chi connectivity index (χ1n) is 5.44. The number of ether oxygens (including phenoxy) is 1. The van der Waals surface area contributed by atoms with Crippen molar-refractivity contribution in [3.63, 3.8) is 0 Å². The van der Waals surface area contributed by atoms with E-state index in [1.54, 1.807) is 6.07 Å². The second kappa shape index (κ2) is 4.72. The second-order valence-electron chi connectivity index (χ2n) is 4.38. The highest BCUT2D eigenvalue weighted by atomic mass is 79.9. The van der Waals surface area contributed by atoms with Crippen LogP contribution in [-0.4, -0.2) is 18.7 Å². The number of hydrogen-bond donors (Lipinski definition) is 1. The molecule has 0 saturated carbocycles. The van der Waals surface area contributed by atoms with Crippen LogP contribution in [0, 0.1) is 5.82 Å². The highest BCUT2D eigenvalue weighted by Crippen LogP contribution is 2.32. The molecule has 2 nitrogen and oxygen atoms in total. The highest BCUT2D eigenvalue weighted by Gasteiger charge is 2.29. The molecule has 0 spiro atoms. The molecule has 0 bridgehead atoms. The van der Waals surface area contributed by atoms with Crippen LogP contribution in [0.15, 0.2) is 22.7 Å². The zero-order valence-electron chi connectivity index (χ0n) is 9.22. The standard InChI is InChI=1S/C12H15BrFNO/c1-12(4-6-15-7-5-12)16-11-8-9(14)2-3-10(11)13/h2-3,8,15H,4-7H2,1H3. The summed E-state index contributed by atoms with van der Waals surface area (Å²) in [5.41, 5.74) is -0.193. The van der Waals surface area contributed by atoms with Crippen LogP contribution >= 0.6 is 15.9 Å². The van der Waals surface area contributed by atoms with Gasteiger partial charge in [0.1, 0.15) is 17.2 Å². The second-order valence-corrected chi connectivity index (χ2v) is 5.23. The third-order valence-electron chi connectivity index (χ3n) is 2.91. The van der Waals surface area contributed by atoms with Gasteiger partial charge in [0.05, 0.1) is 4.47 Å². The van der Waals surface area contributed by atoms with Gasteiger partial charge in [-0.3, -0.25) is 0 Å². The molecule has 1 aliphatic rings. The summed E-state index contributed by atoms with van der Waals surface area (Å²) in [5, 5.41) is 3.29. The molecule has 0 atom stereocenters. The molecule has 88 valence electrons. The molecular weight excluding hydrogens is 273 g/mol. The molecule has 1 saturated heterocycles. The molecule has 1 aromatic rings. The molecule has 1 heterocycles. The van der Waals surface area contributed by atoms with E-state index < -0.39 is 0 Å². The van der Waals surface area contributed by atoms with Gasteiger partial charge >= 0.3 is 0 Å². The number of hydrogen-bond acceptors (Lipinski definition) is 2. The minimum atomic E-state index is -0.268. The Morgan fingerprint density at radius 1 is 1.38 bits per heavy atom. The van der Waals surface area contributed by atoms with Crippen LogP contribution in [0.1, 0.15) is 19.8 Å². The van der Waals surface area contributed by atoms with Crippen LogP contribution in [0.25, 0.3) is 0 Å². The first kappa shape index (κ1) is 11.9. The Labute approximate surface area is 103 Å². The van der Waals surface area contributed by atoms with Crippen molar-refractivity contribution >= 4 is 15.9 Å². The molecule has 1 aliphatic heterocycles. The summed E-state index contributed by atoms with van der Waals surface area (Å²) in [7, 11) is 0. The molecule has 16 heavy (non-hydrogen) atoms. The average Bonchev–Trinajstić information content (AvgIpc) is 2.24. The Morgan fingerprint density at radius 3 is 2.75 bits per heavy atom. The van der Waals surface area contributed by atoms with Gasteiger partial charge in [-0.15, -0.1) is 0 Å². The van der Waals surface area contributed by atoms with Crippen LogP contribution in [0.4, 0.5) is 4.39 Å². The number of nitrogens with one attached hydrogen (secondary N) is 1. The first-order chi connectivity index (χ1) is 7.59. The quantitative estimate of drug-likeness (QED) is 0.903. The summed E-state index contributed by atoms with van der Waals surface area (Å²) in [5.74, 6) is 0.320. The number of halogens is 2. The Hall–Kier alpha value is -0.610. The average molecular weight is 288 g/mol. The van der Waals surface area contributed by atoms with Gasteiger partial charge in [-0.05, 0) is 60.9 Å². The van der Waals surface area contributed by atoms with E-state index in [1.807, 2.05) is 0 Å². The van der Waals surface area contributed by atoms with E-state index in [2.05, 4.69) is 28.2 Å². The van der Waals surface area contributed by atoms with E-state index in [9.17, 15) is 4.39 Å². The maximum absolute atomic E-state index is 13.1. The topological polar surface area (TPSA) is 21.3 Å². The van der Waals surface area contributed by atoms with Crippen molar-refractivity contribution in [1.82, 2.24) is 5.32 Å². The Bertz CT molecular complexity index is 377. The smallest absolute Gasteiger partial charge is 0.137 e. The molecule has 2 rings (SSSR count). The summed E-state index contributed by atoms with van der Waals surface area (Å²) in [4.78, 5) is 0. The van der Waals surface area contributed by atoms with Crippen molar-refractivity contribution in [2.45, 2.75) is 25.4 Å². The van der Waals surface area contributed by atoms with Crippen LogP contribution in [-0.2, 0) is 0 Å². The number of benzene rings is 1. The van der Waals surface area contributed by atoms with Gasteiger partial charge in [-0.25, -0.2) is 4.39 Å². The summed E-state index contributed by atoms with van der Waals surface area (Å²) >= 11 is 3.37. The van der Waals surface area contributed by atoms with Crippen LogP contribution < -0.4 is 10.1 Å². The van der Waals surface area contributed by atoms with E-state index in [1.165, 1.54) is 12.1 Å². The van der Waals surface area contributed by atoms with Crippen molar-refractivity contribution in [3.8, 4) is 5.75 Å². The van der Waals surface area contributed by atoms with Gasteiger partial charge in [-0.2, -0.15) is 0 Å². The van der Waals surface area contributed by atoms with E-state index >= 15 is 0 Å². The summed E-state index contributed by atoms with van der Waals surface area (Å²) < 4.78 is 19.8. The summed E-state index contributed by atoms with van der Waals surface area (Å²) in [6.07, 6.45) is 1.88. The van der Waals surface area contributed by atoms with Gasteiger partial charge < -0.3 is 10.1 Å². The third-order valence-corrected chi connectivity index (χ3v) is 3.57. The molecule has 0 aliphatic carbocycles. The van der Waals surface area contributed by atoms with Crippen molar-refractivity contribution in [2.24, 2.45) is 0 Å². The van der Waals surface area contributed by atoms with Gasteiger partial charge in [0.2, 0.25) is 0 Å². The van der Waals surface area contributed by atoms with Crippen molar-refractivity contribution in [3.05, 3.63) is 28.5 Å². The number of rotatable bonds is 2. The number of piperidine rings is 1. The zero-order chi connectivity index (χ0) is 11.6. The molecule has 0 radical (unpaired) electrons. The SMILES string of the molecule is CC1(Oc2cc(F)ccc2Br)CCNCC1. The normalized spacial score (nSPS) is 19.4. The molecule has 0 amide bonds. The maximum atomic E-state index is 13.1. The lowest BCUT2D eigenvalue weighted by Crippen LogP contribution is -2.43. The lowest BCUT2D eigenvalue weighted by Gasteiger charge is -2.35. The molecule has 0 aromatic heterocycles. The van der Waals surface area contributed by atoms with Crippen molar-refractivity contribution < 1.29 is 9.13 Å². The van der Waals surface area contributed by atoms with E-state index in [0.717, 1.165) is 30.4 Å². The zero-order valence-corrected chi connectivity index (χ0v) is 10.8. The molecular formula is C12H15BrFNO. The van der Waals surface area contributed by atoms with Gasteiger partial charge in [0, 0.05) is 6.07 Å². The van der Waals surface area contributed by atoms with E-state index in [-0.39, 0.29) is 11.4 Å². The Kier molecular flexibility index (Phi) is 3.50. The van der Waals surface area contributed by atoms with Crippen molar-refractivity contribution in [2.75, 3.05) is 13.1 Å². The fourth-order valence-electron chi connectivity index (χ4n) is 1.88.